The van der Waals surface area contributed by atoms with Gasteiger partial charge in [0.2, 0.25) is 11.8 Å². The van der Waals surface area contributed by atoms with Gasteiger partial charge in [-0.25, -0.2) is 4.79 Å². The predicted octanol–water partition coefficient (Wildman–Crippen LogP) is 3.77. The minimum absolute atomic E-state index is 0.0451. The highest BCUT2D eigenvalue weighted by Crippen LogP contribution is 2.31. The number of anilines is 2. The molecule has 0 bridgehead atoms. The monoisotopic (exact) mass is 384 g/mol. The first-order chi connectivity index (χ1) is 12.9. The molecule has 3 rings (SSSR count). The third kappa shape index (κ3) is 5.34. The number of benzene rings is 2. The van der Waals surface area contributed by atoms with E-state index in [0.717, 1.165) is 29.0 Å². The number of rotatable bonds is 7. The van der Waals surface area contributed by atoms with E-state index in [1.165, 1.54) is 23.9 Å². The van der Waals surface area contributed by atoms with Crippen LogP contribution in [0, 0.1) is 12.8 Å². The zero-order valence-electron chi connectivity index (χ0n) is 14.8. The molecule has 0 radical (unpaired) electrons. The van der Waals surface area contributed by atoms with Gasteiger partial charge in [-0.3, -0.25) is 9.59 Å². The van der Waals surface area contributed by atoms with Crippen molar-refractivity contribution in [3.63, 3.8) is 0 Å². The van der Waals surface area contributed by atoms with Crippen molar-refractivity contribution in [1.82, 2.24) is 0 Å². The average molecular weight is 384 g/mol. The predicted molar refractivity (Wildman–Crippen MR) is 105 cm³/mol. The third-order valence-electron chi connectivity index (χ3n) is 4.18. The van der Waals surface area contributed by atoms with E-state index in [0.29, 0.717) is 5.69 Å². The van der Waals surface area contributed by atoms with Crippen molar-refractivity contribution in [2.75, 3.05) is 16.4 Å². The van der Waals surface area contributed by atoms with Gasteiger partial charge in [0.25, 0.3) is 0 Å². The summed E-state index contributed by atoms with van der Waals surface area (Å²) in [6.07, 6.45) is 1.89. The average Bonchev–Trinajstić information content (AvgIpc) is 3.47. The van der Waals surface area contributed by atoms with E-state index in [1.807, 2.05) is 24.3 Å². The molecular weight excluding hydrogens is 364 g/mol. The molecule has 7 heteroatoms. The van der Waals surface area contributed by atoms with Crippen LogP contribution in [0.2, 0.25) is 0 Å². The summed E-state index contributed by atoms with van der Waals surface area (Å²) in [5.41, 5.74) is 2.14. The number of carboxylic acid groups (broad SMARTS) is 1. The molecule has 0 atom stereocenters. The van der Waals surface area contributed by atoms with Crippen LogP contribution in [0.1, 0.15) is 28.8 Å². The molecule has 27 heavy (non-hydrogen) atoms. The fourth-order valence-electron chi connectivity index (χ4n) is 2.48. The molecule has 1 aliphatic rings. The molecule has 0 saturated heterocycles. The number of aryl methyl sites for hydroxylation is 1. The van der Waals surface area contributed by atoms with Crippen molar-refractivity contribution in [3.05, 3.63) is 53.6 Å². The van der Waals surface area contributed by atoms with Crippen molar-refractivity contribution >= 4 is 40.9 Å². The van der Waals surface area contributed by atoms with Crippen LogP contribution < -0.4 is 10.6 Å². The number of carboxylic acids is 1. The Balaban J connectivity index is 1.57. The summed E-state index contributed by atoms with van der Waals surface area (Å²) in [4.78, 5) is 36.0. The molecule has 1 fully saturated rings. The Hall–Kier alpha value is -2.80. The number of hydrogen-bond donors (Lipinski definition) is 3. The summed E-state index contributed by atoms with van der Waals surface area (Å²) >= 11 is 1.35. The summed E-state index contributed by atoms with van der Waals surface area (Å²) in [5, 5.41) is 14.7. The Kier molecular flexibility index (Phi) is 5.81. The van der Waals surface area contributed by atoms with Crippen LogP contribution in [0.4, 0.5) is 11.4 Å². The lowest BCUT2D eigenvalue weighted by Gasteiger charge is -2.10. The summed E-state index contributed by atoms with van der Waals surface area (Å²) in [6, 6.07) is 12.0. The highest BCUT2D eigenvalue weighted by atomic mass is 32.2. The van der Waals surface area contributed by atoms with Crippen LogP contribution in [-0.4, -0.2) is 28.6 Å². The Morgan fingerprint density at radius 1 is 1.11 bits per heavy atom. The summed E-state index contributed by atoms with van der Waals surface area (Å²) < 4.78 is 0. The van der Waals surface area contributed by atoms with E-state index in [9.17, 15) is 14.4 Å². The highest BCUT2D eigenvalue weighted by Gasteiger charge is 2.29. The molecule has 1 aliphatic carbocycles. The number of carbonyl (C=O) groups excluding carboxylic acids is 2. The highest BCUT2D eigenvalue weighted by molar-refractivity contribution is 8.00. The fraction of sp³-hybridized carbons (Fsp3) is 0.250. The molecular formula is C20H20N2O4S. The van der Waals surface area contributed by atoms with Crippen molar-refractivity contribution in [2.45, 2.75) is 24.7 Å². The van der Waals surface area contributed by atoms with Gasteiger partial charge in [-0.2, -0.15) is 0 Å². The van der Waals surface area contributed by atoms with Crippen molar-refractivity contribution in [2.24, 2.45) is 5.92 Å². The third-order valence-corrected chi connectivity index (χ3v) is 5.17. The number of thioether (sulfide) groups is 1. The second-order valence-corrected chi connectivity index (χ2v) is 7.51. The molecule has 140 valence electrons. The first-order valence-corrected chi connectivity index (χ1v) is 9.58. The van der Waals surface area contributed by atoms with Gasteiger partial charge >= 0.3 is 5.97 Å². The van der Waals surface area contributed by atoms with Crippen molar-refractivity contribution < 1.29 is 19.5 Å². The summed E-state index contributed by atoms with van der Waals surface area (Å²) in [5.74, 6) is -0.903. The molecule has 2 amide bonds. The molecule has 2 aromatic carbocycles. The largest absolute Gasteiger partial charge is 0.478 e. The second kappa shape index (κ2) is 8.26. The van der Waals surface area contributed by atoms with E-state index < -0.39 is 5.97 Å². The van der Waals surface area contributed by atoms with Crippen LogP contribution in [0.3, 0.4) is 0 Å². The minimum atomic E-state index is -1.04. The molecule has 6 nitrogen and oxygen atoms in total. The Labute approximate surface area is 161 Å². The quantitative estimate of drug-likeness (QED) is 0.632. The number of hydrogen-bond acceptors (Lipinski definition) is 4. The maximum Gasteiger partial charge on any atom is 0.335 e. The molecule has 2 aromatic rings. The fourth-order valence-corrected chi connectivity index (χ4v) is 3.23. The van der Waals surface area contributed by atoms with Gasteiger partial charge in [-0.1, -0.05) is 12.1 Å². The van der Waals surface area contributed by atoms with Gasteiger partial charge in [0.15, 0.2) is 0 Å². The summed E-state index contributed by atoms with van der Waals surface area (Å²) in [7, 11) is 0. The number of amides is 2. The summed E-state index contributed by atoms with van der Waals surface area (Å²) in [6.45, 7) is 1.81. The van der Waals surface area contributed by atoms with E-state index in [-0.39, 0.29) is 29.0 Å². The van der Waals surface area contributed by atoms with Crippen LogP contribution in [0.15, 0.2) is 47.4 Å². The molecule has 0 aromatic heterocycles. The van der Waals surface area contributed by atoms with Crippen molar-refractivity contribution in [3.8, 4) is 0 Å². The molecule has 0 aliphatic heterocycles. The number of aromatic carboxylic acids is 1. The lowest BCUT2D eigenvalue weighted by Crippen LogP contribution is -2.15. The van der Waals surface area contributed by atoms with Gasteiger partial charge < -0.3 is 15.7 Å². The van der Waals surface area contributed by atoms with Gasteiger partial charge in [0.1, 0.15) is 0 Å². The standard InChI is InChI=1S/C20H20N2O4S/c1-12-5-6-14(20(25)26)9-17(12)22-18(23)11-27-16-4-2-3-15(10-16)21-19(24)13-7-8-13/h2-6,9-10,13H,7-8,11H2,1H3,(H,21,24)(H,22,23)(H,25,26). The zero-order chi connectivity index (χ0) is 19.4. The smallest absolute Gasteiger partial charge is 0.335 e. The van der Waals surface area contributed by atoms with Crippen LogP contribution in [0.5, 0.6) is 0 Å². The van der Waals surface area contributed by atoms with E-state index in [1.54, 1.807) is 13.0 Å². The zero-order valence-corrected chi connectivity index (χ0v) is 15.6. The van der Waals surface area contributed by atoms with E-state index in [4.69, 9.17) is 5.11 Å². The molecule has 0 unspecified atom stereocenters. The maximum atomic E-state index is 12.2. The minimum Gasteiger partial charge on any atom is -0.478 e. The van der Waals surface area contributed by atoms with E-state index in [2.05, 4.69) is 10.6 Å². The topological polar surface area (TPSA) is 95.5 Å². The maximum absolute atomic E-state index is 12.2. The lowest BCUT2D eigenvalue weighted by atomic mass is 10.1. The van der Waals surface area contributed by atoms with Gasteiger partial charge in [-0.15, -0.1) is 11.8 Å². The first kappa shape index (κ1) is 19.0. The molecule has 1 saturated carbocycles. The second-order valence-electron chi connectivity index (χ2n) is 6.46. The molecule has 0 heterocycles. The van der Waals surface area contributed by atoms with Crippen LogP contribution in [-0.2, 0) is 9.59 Å². The van der Waals surface area contributed by atoms with Gasteiger partial charge in [0.05, 0.1) is 11.3 Å². The van der Waals surface area contributed by atoms with E-state index >= 15 is 0 Å². The Morgan fingerprint density at radius 2 is 1.89 bits per heavy atom. The van der Waals surface area contributed by atoms with Gasteiger partial charge in [0, 0.05) is 22.2 Å². The van der Waals surface area contributed by atoms with Crippen molar-refractivity contribution in [1.29, 1.82) is 0 Å². The Bertz CT molecular complexity index is 893. The first-order valence-electron chi connectivity index (χ1n) is 8.60. The SMILES string of the molecule is Cc1ccc(C(=O)O)cc1NC(=O)CSc1cccc(NC(=O)C2CC2)c1. The normalized spacial score (nSPS) is 13.1. The van der Waals surface area contributed by atoms with Gasteiger partial charge in [-0.05, 0) is 55.7 Å². The van der Waals surface area contributed by atoms with Crippen LogP contribution in [0.25, 0.3) is 0 Å². The lowest BCUT2D eigenvalue weighted by molar-refractivity contribution is -0.117. The Morgan fingerprint density at radius 3 is 2.59 bits per heavy atom. The number of carbonyl (C=O) groups is 3. The molecule has 0 spiro atoms. The number of nitrogens with one attached hydrogen (secondary N) is 2. The van der Waals surface area contributed by atoms with Crippen LogP contribution >= 0.6 is 11.8 Å². The molecule has 3 N–H and O–H groups in total.